The molecular weight excluding hydrogens is 482 g/mol. The van der Waals surface area contributed by atoms with E-state index in [4.69, 9.17) is 16.3 Å². The third kappa shape index (κ3) is 6.35. The maximum Gasteiger partial charge on any atom is 0.319 e. The van der Waals surface area contributed by atoms with Gasteiger partial charge in [0.05, 0.1) is 24.5 Å². The number of amides is 2. The number of carbonyl (C=O) groups is 1. The second-order valence-corrected chi connectivity index (χ2v) is 9.06. The molecule has 35 heavy (non-hydrogen) atoms. The van der Waals surface area contributed by atoms with E-state index in [1.165, 1.54) is 5.56 Å². The van der Waals surface area contributed by atoms with Crippen LogP contribution in [0.4, 0.5) is 10.5 Å². The quantitative estimate of drug-likeness (QED) is 0.262. The van der Waals surface area contributed by atoms with Crippen molar-refractivity contribution in [2.45, 2.75) is 31.3 Å². The number of para-hydroxylation sites is 2. The largest absolute Gasteiger partial charge is 0.492 e. The van der Waals surface area contributed by atoms with Gasteiger partial charge in [0.1, 0.15) is 5.75 Å². The Kier molecular flexibility index (Phi) is 8.28. The molecule has 0 fully saturated rings. The summed E-state index contributed by atoms with van der Waals surface area (Å²) >= 11 is 7.89. The predicted octanol–water partition coefficient (Wildman–Crippen LogP) is 6.24. The summed E-state index contributed by atoms with van der Waals surface area (Å²) in [4.78, 5) is 12.7. The highest BCUT2D eigenvalue weighted by Crippen LogP contribution is 2.29. The number of thioether (sulfide) groups is 1. The molecule has 0 bridgehead atoms. The van der Waals surface area contributed by atoms with Gasteiger partial charge in [0.15, 0.2) is 11.0 Å². The Morgan fingerprint density at radius 2 is 1.83 bits per heavy atom. The predicted molar refractivity (Wildman–Crippen MR) is 141 cm³/mol. The molecule has 1 heterocycles. The van der Waals surface area contributed by atoms with Crippen molar-refractivity contribution in [2.75, 3.05) is 11.9 Å². The van der Waals surface area contributed by atoms with Gasteiger partial charge < -0.3 is 15.4 Å². The lowest BCUT2D eigenvalue weighted by molar-refractivity contribution is 0.251. The molecular formula is C26H26ClN5O2S. The van der Waals surface area contributed by atoms with Crippen LogP contribution in [-0.4, -0.2) is 27.4 Å². The molecule has 180 valence electrons. The van der Waals surface area contributed by atoms with Crippen LogP contribution in [0.15, 0.2) is 78.0 Å². The molecule has 7 nitrogen and oxygen atoms in total. The summed E-state index contributed by atoms with van der Waals surface area (Å²) in [5, 5.41) is 15.9. The third-order valence-electron chi connectivity index (χ3n) is 5.17. The van der Waals surface area contributed by atoms with Gasteiger partial charge in [-0.2, -0.15) is 0 Å². The minimum Gasteiger partial charge on any atom is -0.492 e. The Labute approximate surface area is 213 Å². The fourth-order valence-corrected chi connectivity index (χ4v) is 4.56. The molecule has 0 aliphatic heterocycles. The van der Waals surface area contributed by atoms with Crippen LogP contribution in [0.3, 0.4) is 0 Å². The topological polar surface area (TPSA) is 81.1 Å². The maximum absolute atomic E-state index is 12.7. The van der Waals surface area contributed by atoms with E-state index in [1.807, 2.05) is 73.0 Å². The molecule has 0 aliphatic carbocycles. The maximum atomic E-state index is 12.7. The van der Waals surface area contributed by atoms with E-state index in [-0.39, 0.29) is 12.6 Å². The van der Waals surface area contributed by atoms with Crippen molar-refractivity contribution in [2.24, 2.45) is 0 Å². The van der Waals surface area contributed by atoms with Gasteiger partial charge in [0, 0.05) is 10.8 Å². The second-order valence-electron chi connectivity index (χ2n) is 7.68. The molecule has 4 rings (SSSR count). The summed E-state index contributed by atoms with van der Waals surface area (Å²) in [5.74, 6) is 1.95. The van der Waals surface area contributed by atoms with Crippen LogP contribution in [0.5, 0.6) is 5.75 Å². The smallest absolute Gasteiger partial charge is 0.319 e. The Balaban J connectivity index is 1.54. The SMILES string of the molecule is CCOc1ccccc1NC(=O)NCc1nnc(SCc2ccccc2)n1-c1cc(Cl)ccc1C. The van der Waals surface area contributed by atoms with Gasteiger partial charge in [-0.05, 0) is 49.2 Å². The molecule has 0 radical (unpaired) electrons. The van der Waals surface area contributed by atoms with Crippen LogP contribution >= 0.6 is 23.4 Å². The fourth-order valence-electron chi connectivity index (χ4n) is 3.47. The van der Waals surface area contributed by atoms with E-state index < -0.39 is 0 Å². The molecule has 4 aromatic rings. The van der Waals surface area contributed by atoms with Gasteiger partial charge in [-0.25, -0.2) is 4.79 Å². The minimum absolute atomic E-state index is 0.174. The van der Waals surface area contributed by atoms with E-state index >= 15 is 0 Å². The van der Waals surface area contributed by atoms with Crippen molar-refractivity contribution in [3.8, 4) is 11.4 Å². The summed E-state index contributed by atoms with van der Waals surface area (Å²) in [5.41, 5.74) is 3.67. The number of rotatable bonds is 9. The lowest BCUT2D eigenvalue weighted by Gasteiger charge is -2.15. The van der Waals surface area contributed by atoms with Crippen molar-refractivity contribution in [1.29, 1.82) is 0 Å². The van der Waals surface area contributed by atoms with Crippen LogP contribution < -0.4 is 15.4 Å². The lowest BCUT2D eigenvalue weighted by Crippen LogP contribution is -2.29. The van der Waals surface area contributed by atoms with E-state index in [0.29, 0.717) is 28.9 Å². The fraction of sp³-hybridized carbons (Fsp3) is 0.192. The molecule has 0 saturated heterocycles. The van der Waals surface area contributed by atoms with Crippen molar-refractivity contribution in [3.63, 3.8) is 0 Å². The summed E-state index contributed by atoms with van der Waals surface area (Å²) in [6.07, 6.45) is 0. The number of aromatic nitrogens is 3. The number of urea groups is 1. The monoisotopic (exact) mass is 507 g/mol. The van der Waals surface area contributed by atoms with Crippen LogP contribution in [0.1, 0.15) is 23.9 Å². The minimum atomic E-state index is -0.368. The highest BCUT2D eigenvalue weighted by molar-refractivity contribution is 7.98. The van der Waals surface area contributed by atoms with Gasteiger partial charge in [-0.1, -0.05) is 71.9 Å². The zero-order chi connectivity index (χ0) is 24.6. The van der Waals surface area contributed by atoms with E-state index in [0.717, 1.165) is 22.2 Å². The number of nitrogens with one attached hydrogen (secondary N) is 2. The first-order valence-electron chi connectivity index (χ1n) is 11.2. The zero-order valence-electron chi connectivity index (χ0n) is 19.5. The first kappa shape index (κ1) is 24.6. The van der Waals surface area contributed by atoms with Crippen LogP contribution in [0.2, 0.25) is 5.02 Å². The molecule has 2 N–H and O–H groups in total. The molecule has 1 aromatic heterocycles. The molecule has 9 heteroatoms. The van der Waals surface area contributed by atoms with Crippen LogP contribution in [0.25, 0.3) is 5.69 Å². The molecule has 2 amide bonds. The van der Waals surface area contributed by atoms with Gasteiger partial charge in [-0.15, -0.1) is 10.2 Å². The lowest BCUT2D eigenvalue weighted by atomic mass is 10.2. The van der Waals surface area contributed by atoms with Gasteiger partial charge in [0.2, 0.25) is 0 Å². The summed E-state index contributed by atoms with van der Waals surface area (Å²) in [6.45, 7) is 4.58. The molecule has 3 aromatic carbocycles. The number of carbonyl (C=O) groups excluding carboxylic acids is 1. The number of hydrogen-bond acceptors (Lipinski definition) is 5. The van der Waals surface area contributed by atoms with Crippen molar-refractivity contribution >= 4 is 35.1 Å². The second kappa shape index (κ2) is 11.8. The van der Waals surface area contributed by atoms with E-state index in [9.17, 15) is 4.79 Å². The number of anilines is 1. The van der Waals surface area contributed by atoms with Crippen LogP contribution in [0, 0.1) is 6.92 Å². The summed E-state index contributed by atoms with van der Waals surface area (Å²) in [7, 11) is 0. The zero-order valence-corrected chi connectivity index (χ0v) is 21.1. The summed E-state index contributed by atoms with van der Waals surface area (Å²) in [6, 6.07) is 22.8. The average molecular weight is 508 g/mol. The Bertz CT molecular complexity index is 1300. The Morgan fingerprint density at radius 1 is 1.06 bits per heavy atom. The van der Waals surface area contributed by atoms with Gasteiger partial charge >= 0.3 is 6.03 Å². The number of aryl methyl sites for hydroxylation is 1. The van der Waals surface area contributed by atoms with Crippen molar-refractivity contribution < 1.29 is 9.53 Å². The number of ether oxygens (including phenoxy) is 1. The normalized spacial score (nSPS) is 10.7. The Hall–Kier alpha value is -3.49. The number of nitrogens with zero attached hydrogens (tertiary/aromatic N) is 3. The van der Waals surface area contributed by atoms with E-state index in [1.54, 1.807) is 17.8 Å². The molecule has 0 unspecified atom stereocenters. The first-order chi connectivity index (χ1) is 17.0. The highest BCUT2D eigenvalue weighted by atomic mass is 35.5. The van der Waals surface area contributed by atoms with Crippen molar-refractivity contribution in [1.82, 2.24) is 20.1 Å². The standard InChI is InChI=1S/C26H26ClN5O2S/c1-3-34-23-12-8-7-11-21(23)29-25(33)28-16-24-30-31-26(35-17-19-9-5-4-6-10-19)32(24)22-15-20(27)14-13-18(22)2/h4-15H,3,16-17H2,1-2H3,(H2,28,29,33). The number of benzene rings is 3. The number of halogens is 1. The molecule has 0 aliphatic rings. The van der Waals surface area contributed by atoms with Crippen molar-refractivity contribution in [3.05, 3.63) is 94.8 Å². The molecule has 0 atom stereocenters. The first-order valence-corrected chi connectivity index (χ1v) is 12.6. The average Bonchev–Trinajstić information content (AvgIpc) is 3.27. The van der Waals surface area contributed by atoms with E-state index in [2.05, 4.69) is 33.0 Å². The van der Waals surface area contributed by atoms with Gasteiger partial charge in [-0.3, -0.25) is 4.57 Å². The Morgan fingerprint density at radius 3 is 2.63 bits per heavy atom. The molecule has 0 spiro atoms. The number of hydrogen-bond donors (Lipinski definition) is 2. The van der Waals surface area contributed by atoms with Crippen LogP contribution in [-0.2, 0) is 12.3 Å². The third-order valence-corrected chi connectivity index (χ3v) is 6.40. The highest BCUT2D eigenvalue weighted by Gasteiger charge is 2.18. The summed E-state index contributed by atoms with van der Waals surface area (Å²) < 4.78 is 7.53. The molecule has 0 saturated carbocycles. The van der Waals surface area contributed by atoms with Gasteiger partial charge in [0.25, 0.3) is 0 Å².